The van der Waals surface area contributed by atoms with Crippen LogP contribution in [0.4, 0.5) is 0 Å². The number of carbonyl (C=O) groups is 2. The molecule has 26 heavy (non-hydrogen) atoms. The van der Waals surface area contributed by atoms with E-state index < -0.39 is 23.6 Å². The summed E-state index contributed by atoms with van der Waals surface area (Å²) in [5.74, 6) is -1.48. The highest BCUT2D eigenvalue weighted by atomic mass is 35.5. The molecule has 1 unspecified atom stereocenters. The lowest BCUT2D eigenvalue weighted by Crippen LogP contribution is -2.58. The average Bonchev–Trinajstić information content (AvgIpc) is 2.95. The van der Waals surface area contributed by atoms with Gasteiger partial charge in [0.25, 0.3) is 5.91 Å². The van der Waals surface area contributed by atoms with Crippen LogP contribution in [0.2, 0.25) is 10.0 Å². The number of likely N-dealkylation sites (tertiary alicyclic amines) is 1. The first kappa shape index (κ1) is 19.4. The van der Waals surface area contributed by atoms with Gasteiger partial charge in [0.15, 0.2) is 6.04 Å². The Balaban J connectivity index is 1.91. The van der Waals surface area contributed by atoms with Gasteiger partial charge in [0, 0.05) is 41.5 Å². The predicted molar refractivity (Wildman–Crippen MR) is 98.7 cm³/mol. The van der Waals surface area contributed by atoms with Gasteiger partial charge in [-0.15, -0.1) is 0 Å². The molecule has 2 saturated heterocycles. The summed E-state index contributed by atoms with van der Waals surface area (Å²) in [7, 11) is 0. The topological polar surface area (TPSA) is 70.1 Å². The van der Waals surface area contributed by atoms with Gasteiger partial charge in [-0.2, -0.15) is 0 Å². The molecule has 1 amide bonds. The lowest BCUT2D eigenvalue weighted by molar-refractivity contribution is -0.143. The minimum atomic E-state index is -1.07. The van der Waals surface area contributed by atoms with Gasteiger partial charge in [-0.3, -0.25) is 9.69 Å². The van der Waals surface area contributed by atoms with Gasteiger partial charge in [0.1, 0.15) is 5.72 Å². The van der Waals surface area contributed by atoms with E-state index in [1.807, 2.05) is 0 Å². The number of halogens is 2. The highest BCUT2D eigenvalue weighted by Gasteiger charge is 2.54. The van der Waals surface area contributed by atoms with E-state index in [0.29, 0.717) is 22.9 Å². The van der Waals surface area contributed by atoms with E-state index in [4.69, 9.17) is 27.9 Å². The molecule has 0 aliphatic carbocycles. The Morgan fingerprint density at radius 1 is 1.23 bits per heavy atom. The molecule has 1 aromatic carbocycles. The lowest BCUT2D eigenvalue weighted by Gasteiger charge is -2.44. The number of amides is 1. The highest BCUT2D eigenvalue weighted by Crippen LogP contribution is 2.39. The van der Waals surface area contributed by atoms with Gasteiger partial charge >= 0.3 is 5.97 Å². The molecule has 2 aliphatic heterocycles. The van der Waals surface area contributed by atoms with Gasteiger partial charge in [-0.25, -0.2) is 4.79 Å². The SMILES string of the molecule is CCCN1CCC2(CC1)OCC(C(=O)O)N2C(=O)c1cc(Cl)cc(Cl)c1. The van der Waals surface area contributed by atoms with Gasteiger partial charge < -0.3 is 14.7 Å². The van der Waals surface area contributed by atoms with E-state index in [-0.39, 0.29) is 12.2 Å². The minimum absolute atomic E-state index is 0.0108. The lowest BCUT2D eigenvalue weighted by atomic mass is 9.96. The van der Waals surface area contributed by atoms with Crippen molar-refractivity contribution in [1.82, 2.24) is 9.80 Å². The summed E-state index contributed by atoms with van der Waals surface area (Å²) in [5.41, 5.74) is -0.617. The van der Waals surface area contributed by atoms with Crippen LogP contribution in [-0.2, 0) is 9.53 Å². The molecule has 2 fully saturated rings. The first-order valence-corrected chi connectivity index (χ1v) is 9.51. The van der Waals surface area contributed by atoms with Crippen molar-refractivity contribution in [3.63, 3.8) is 0 Å². The van der Waals surface area contributed by atoms with E-state index in [9.17, 15) is 14.7 Å². The fraction of sp³-hybridized carbons (Fsp3) is 0.556. The molecule has 142 valence electrons. The Labute approximate surface area is 162 Å². The molecular weight excluding hydrogens is 379 g/mol. The molecule has 0 bridgehead atoms. The molecule has 1 atom stereocenters. The maximum absolute atomic E-state index is 13.2. The summed E-state index contributed by atoms with van der Waals surface area (Å²) in [4.78, 5) is 28.6. The van der Waals surface area contributed by atoms with Crippen molar-refractivity contribution in [3.8, 4) is 0 Å². The predicted octanol–water partition coefficient (Wildman–Crippen LogP) is 3.12. The summed E-state index contributed by atoms with van der Waals surface area (Å²) in [5, 5.41) is 10.3. The number of ether oxygens (including phenoxy) is 1. The highest BCUT2D eigenvalue weighted by molar-refractivity contribution is 6.35. The van der Waals surface area contributed by atoms with Crippen molar-refractivity contribution in [2.24, 2.45) is 0 Å². The molecule has 1 N–H and O–H groups in total. The summed E-state index contributed by atoms with van der Waals surface area (Å²) < 4.78 is 5.93. The van der Waals surface area contributed by atoms with Crippen LogP contribution in [0.5, 0.6) is 0 Å². The second-order valence-corrected chi connectivity index (χ2v) is 7.66. The van der Waals surface area contributed by atoms with E-state index in [2.05, 4.69) is 11.8 Å². The van der Waals surface area contributed by atoms with Crippen molar-refractivity contribution >= 4 is 35.1 Å². The van der Waals surface area contributed by atoms with E-state index in [1.54, 1.807) is 0 Å². The van der Waals surface area contributed by atoms with Crippen LogP contribution in [-0.4, -0.2) is 64.8 Å². The van der Waals surface area contributed by atoms with Crippen LogP contribution in [0.25, 0.3) is 0 Å². The van der Waals surface area contributed by atoms with Crippen LogP contribution in [0.15, 0.2) is 18.2 Å². The zero-order valence-electron chi connectivity index (χ0n) is 14.6. The van der Waals surface area contributed by atoms with Gasteiger partial charge in [0.2, 0.25) is 0 Å². The van der Waals surface area contributed by atoms with Crippen molar-refractivity contribution in [1.29, 1.82) is 0 Å². The zero-order valence-corrected chi connectivity index (χ0v) is 16.1. The number of piperidine rings is 1. The maximum atomic E-state index is 13.2. The number of nitrogens with zero attached hydrogens (tertiary/aromatic N) is 2. The normalized spacial score (nSPS) is 22.7. The Morgan fingerprint density at radius 3 is 2.38 bits per heavy atom. The molecular formula is C18H22Cl2N2O4. The first-order chi connectivity index (χ1) is 12.4. The molecule has 0 aromatic heterocycles. The van der Waals surface area contributed by atoms with Crippen LogP contribution >= 0.6 is 23.2 Å². The Morgan fingerprint density at radius 2 is 1.85 bits per heavy atom. The van der Waals surface area contributed by atoms with E-state index >= 15 is 0 Å². The summed E-state index contributed by atoms with van der Waals surface area (Å²) >= 11 is 12.0. The summed E-state index contributed by atoms with van der Waals surface area (Å²) in [6.07, 6.45) is 2.21. The number of carboxylic acids is 1. The monoisotopic (exact) mass is 400 g/mol. The summed E-state index contributed by atoms with van der Waals surface area (Å²) in [6.45, 7) is 4.62. The summed E-state index contributed by atoms with van der Waals surface area (Å²) in [6, 6.07) is 3.53. The molecule has 2 heterocycles. The number of hydrogen-bond acceptors (Lipinski definition) is 4. The molecule has 0 saturated carbocycles. The quantitative estimate of drug-likeness (QED) is 0.840. The number of carbonyl (C=O) groups excluding carboxylic acids is 1. The van der Waals surface area contributed by atoms with Crippen molar-refractivity contribution < 1.29 is 19.4 Å². The molecule has 8 heteroatoms. The molecule has 6 nitrogen and oxygen atoms in total. The van der Waals surface area contributed by atoms with Crippen LogP contribution < -0.4 is 0 Å². The Kier molecular flexibility index (Phi) is 5.77. The third-order valence-electron chi connectivity index (χ3n) is 5.05. The molecule has 3 rings (SSSR count). The number of hydrogen-bond donors (Lipinski definition) is 1. The standard InChI is InChI=1S/C18H22Cl2N2O4/c1-2-5-21-6-3-18(4-7-21)22(15(11-26-18)17(24)25)16(23)12-8-13(19)10-14(20)9-12/h8-10,15H,2-7,11H2,1H3,(H,24,25). The molecule has 1 spiro atoms. The largest absolute Gasteiger partial charge is 0.480 e. The van der Waals surface area contributed by atoms with Crippen LogP contribution in [0.1, 0.15) is 36.5 Å². The number of rotatable bonds is 4. The average molecular weight is 401 g/mol. The number of carboxylic acid groups (broad SMARTS) is 1. The number of benzene rings is 1. The first-order valence-electron chi connectivity index (χ1n) is 8.75. The van der Waals surface area contributed by atoms with Crippen LogP contribution in [0, 0.1) is 0 Å². The fourth-order valence-electron chi connectivity index (χ4n) is 3.81. The van der Waals surface area contributed by atoms with E-state index in [1.165, 1.54) is 23.1 Å². The molecule has 1 aromatic rings. The van der Waals surface area contributed by atoms with Gasteiger partial charge in [-0.05, 0) is 31.2 Å². The Hall–Kier alpha value is -1.34. The second kappa shape index (κ2) is 7.72. The zero-order chi connectivity index (χ0) is 18.9. The second-order valence-electron chi connectivity index (χ2n) is 6.79. The van der Waals surface area contributed by atoms with E-state index in [0.717, 1.165) is 26.1 Å². The Bertz CT molecular complexity index is 684. The van der Waals surface area contributed by atoms with Crippen molar-refractivity contribution in [3.05, 3.63) is 33.8 Å². The fourth-order valence-corrected chi connectivity index (χ4v) is 4.34. The van der Waals surface area contributed by atoms with Gasteiger partial charge in [-0.1, -0.05) is 30.1 Å². The molecule has 2 aliphatic rings. The molecule has 0 radical (unpaired) electrons. The third-order valence-corrected chi connectivity index (χ3v) is 5.49. The van der Waals surface area contributed by atoms with Gasteiger partial charge in [0.05, 0.1) is 6.61 Å². The third kappa shape index (κ3) is 3.69. The minimum Gasteiger partial charge on any atom is -0.480 e. The maximum Gasteiger partial charge on any atom is 0.328 e. The van der Waals surface area contributed by atoms with Crippen molar-refractivity contribution in [2.45, 2.75) is 38.0 Å². The smallest absolute Gasteiger partial charge is 0.328 e. The van der Waals surface area contributed by atoms with Crippen LogP contribution in [0.3, 0.4) is 0 Å². The number of aliphatic carboxylic acids is 1. The van der Waals surface area contributed by atoms with Crippen molar-refractivity contribution in [2.75, 3.05) is 26.2 Å².